The Morgan fingerprint density at radius 1 is 1.17 bits per heavy atom. The molecule has 1 saturated carbocycles. The van der Waals surface area contributed by atoms with Gasteiger partial charge in [-0.1, -0.05) is 48.5 Å². The molecule has 3 fully saturated rings. The maximum Gasteiger partial charge on any atom is 0.317 e. The Bertz CT molecular complexity index is 1180. The smallest absolute Gasteiger partial charge is 0.317 e. The largest absolute Gasteiger partial charge is 0.381 e. The van der Waals surface area contributed by atoms with E-state index in [-0.39, 0.29) is 29.6 Å². The molecule has 2 amide bonds. The van der Waals surface area contributed by atoms with Crippen LogP contribution in [-0.4, -0.2) is 64.0 Å². The Labute approximate surface area is 206 Å². The minimum atomic E-state index is -3.52. The fraction of sp³-hybridized carbons (Fsp3) is 0.500. The van der Waals surface area contributed by atoms with Crippen LogP contribution in [0, 0.1) is 17.2 Å². The average Bonchev–Trinajstić information content (AvgIpc) is 3.30. The highest BCUT2D eigenvalue weighted by Gasteiger charge is 2.61. The first kappa shape index (κ1) is 24.2. The minimum Gasteiger partial charge on any atom is -0.381 e. The first-order valence-electron chi connectivity index (χ1n) is 12.2. The summed E-state index contributed by atoms with van der Waals surface area (Å²) in [6.45, 7) is 2.30. The van der Waals surface area contributed by atoms with Crippen molar-refractivity contribution in [3.8, 4) is 11.1 Å². The summed E-state index contributed by atoms with van der Waals surface area (Å²) in [6.07, 6.45) is 3.94. The van der Waals surface area contributed by atoms with Gasteiger partial charge in [-0.2, -0.15) is 0 Å². The molecule has 35 heavy (non-hydrogen) atoms. The maximum absolute atomic E-state index is 15.7. The molecular weight excluding hydrogens is 469 g/mol. The summed E-state index contributed by atoms with van der Waals surface area (Å²) in [5.41, 5.74) is 1.44. The number of nitrogens with one attached hydrogen (secondary N) is 2. The van der Waals surface area contributed by atoms with Crippen molar-refractivity contribution in [1.82, 2.24) is 14.9 Å². The van der Waals surface area contributed by atoms with Gasteiger partial charge < -0.3 is 15.0 Å². The second-order valence-corrected chi connectivity index (χ2v) is 12.0. The average molecular weight is 502 g/mol. The van der Waals surface area contributed by atoms with Crippen molar-refractivity contribution >= 4 is 16.1 Å². The van der Waals surface area contributed by atoms with Gasteiger partial charge in [-0.25, -0.2) is 22.3 Å². The van der Waals surface area contributed by atoms with Crippen LogP contribution < -0.4 is 10.0 Å². The van der Waals surface area contributed by atoms with Crippen molar-refractivity contribution in [2.24, 2.45) is 11.3 Å². The molecule has 1 spiro atoms. The van der Waals surface area contributed by atoms with Gasteiger partial charge in [0, 0.05) is 42.6 Å². The third kappa shape index (κ3) is 5.22. The van der Waals surface area contributed by atoms with Crippen molar-refractivity contribution in [2.45, 2.75) is 37.8 Å². The van der Waals surface area contributed by atoms with E-state index in [9.17, 15) is 13.2 Å². The third-order valence-electron chi connectivity index (χ3n) is 7.58. The van der Waals surface area contributed by atoms with E-state index < -0.39 is 22.1 Å². The highest BCUT2D eigenvalue weighted by Crippen LogP contribution is 2.55. The number of nitrogens with zero attached hydrogens (tertiary/aromatic N) is 1. The molecule has 2 saturated heterocycles. The quantitative estimate of drug-likeness (QED) is 0.610. The molecule has 2 N–H and O–H groups in total. The molecular formula is C26H32FN3O4S. The number of halogens is 1. The number of benzene rings is 2. The van der Waals surface area contributed by atoms with Gasteiger partial charge in [0.1, 0.15) is 5.82 Å². The van der Waals surface area contributed by atoms with Crippen LogP contribution in [0.3, 0.4) is 0 Å². The summed E-state index contributed by atoms with van der Waals surface area (Å²) in [6, 6.07) is 13.4. The molecule has 2 aromatic carbocycles. The van der Waals surface area contributed by atoms with Crippen LogP contribution in [0.25, 0.3) is 11.1 Å². The summed E-state index contributed by atoms with van der Waals surface area (Å²) in [7, 11) is -3.52. The van der Waals surface area contributed by atoms with Crippen LogP contribution in [0.1, 0.15) is 24.8 Å². The first-order chi connectivity index (χ1) is 16.8. The summed E-state index contributed by atoms with van der Waals surface area (Å²) >= 11 is 0. The minimum absolute atomic E-state index is 0.224. The Balaban J connectivity index is 1.43. The normalized spacial score (nSPS) is 25.2. The summed E-state index contributed by atoms with van der Waals surface area (Å²) in [4.78, 5) is 15.0. The van der Waals surface area contributed by atoms with E-state index in [1.807, 2.05) is 36.4 Å². The van der Waals surface area contributed by atoms with Crippen molar-refractivity contribution in [1.29, 1.82) is 0 Å². The molecule has 0 unspecified atom stereocenters. The molecule has 188 valence electrons. The molecule has 7 nitrogen and oxygen atoms in total. The second-order valence-electron chi connectivity index (χ2n) is 10.2. The van der Waals surface area contributed by atoms with Crippen molar-refractivity contribution in [2.75, 3.05) is 32.6 Å². The van der Waals surface area contributed by atoms with Crippen molar-refractivity contribution in [3.05, 3.63) is 59.9 Å². The summed E-state index contributed by atoms with van der Waals surface area (Å²) < 4.78 is 48.4. The molecule has 1 aliphatic carbocycles. The first-order valence-corrected chi connectivity index (χ1v) is 14.1. The number of urea groups is 1. The topological polar surface area (TPSA) is 87.7 Å². The molecule has 9 heteroatoms. The van der Waals surface area contributed by atoms with Crippen molar-refractivity contribution < 1.29 is 22.3 Å². The van der Waals surface area contributed by atoms with Crippen LogP contribution in [0.2, 0.25) is 0 Å². The lowest BCUT2D eigenvalue weighted by Gasteiger charge is -2.29. The molecule has 5 rings (SSSR count). The molecule has 2 aromatic rings. The SMILES string of the molecule is CS(=O)(=O)N[C@@H]1[C@H](Cc2cccc(-c3ccccc3)c2F)N(C(=O)NC[C@H]2CCOC2)CC12CC2. The Morgan fingerprint density at radius 3 is 2.60 bits per heavy atom. The fourth-order valence-electron chi connectivity index (χ4n) is 5.54. The monoisotopic (exact) mass is 501 g/mol. The molecule has 0 aromatic heterocycles. The van der Waals surface area contributed by atoms with E-state index in [1.165, 1.54) is 0 Å². The van der Waals surface area contributed by atoms with Gasteiger partial charge in [-0.3, -0.25) is 0 Å². The van der Waals surface area contributed by atoms with E-state index in [0.29, 0.717) is 37.4 Å². The Hall–Kier alpha value is -2.49. The summed E-state index contributed by atoms with van der Waals surface area (Å²) in [5, 5.41) is 3.02. The number of ether oxygens (including phenoxy) is 1. The fourth-order valence-corrected chi connectivity index (χ4v) is 6.41. The van der Waals surface area contributed by atoms with Gasteiger partial charge in [-0.05, 0) is 36.8 Å². The lowest BCUT2D eigenvalue weighted by atomic mass is 9.91. The molecule has 0 radical (unpaired) electrons. The predicted molar refractivity (Wildman–Crippen MR) is 132 cm³/mol. The van der Waals surface area contributed by atoms with Gasteiger partial charge in [0.15, 0.2) is 0 Å². The zero-order valence-corrected chi connectivity index (χ0v) is 20.7. The van der Waals surface area contributed by atoms with Crippen LogP contribution in [0.15, 0.2) is 48.5 Å². The number of hydrogen-bond acceptors (Lipinski definition) is 4. The van der Waals surface area contributed by atoms with Gasteiger partial charge >= 0.3 is 6.03 Å². The molecule has 3 aliphatic rings. The lowest BCUT2D eigenvalue weighted by molar-refractivity contribution is 0.177. The number of amides is 2. The third-order valence-corrected chi connectivity index (χ3v) is 8.26. The molecule has 3 atom stereocenters. The van der Waals surface area contributed by atoms with Gasteiger partial charge in [0.05, 0.1) is 18.9 Å². The zero-order valence-electron chi connectivity index (χ0n) is 19.9. The van der Waals surface area contributed by atoms with Crippen LogP contribution >= 0.6 is 0 Å². The number of sulfonamides is 1. The Kier molecular flexibility index (Phi) is 6.59. The summed E-state index contributed by atoms with van der Waals surface area (Å²) in [5.74, 6) is -0.0585. The number of carbonyl (C=O) groups excluding carboxylic acids is 1. The van der Waals surface area contributed by atoms with E-state index in [1.54, 1.807) is 17.0 Å². The number of hydrogen-bond donors (Lipinski definition) is 2. The number of rotatable bonds is 7. The van der Waals surface area contributed by atoms with Gasteiger partial charge in [0.2, 0.25) is 10.0 Å². The number of carbonyl (C=O) groups is 1. The van der Waals surface area contributed by atoms with Crippen LogP contribution in [-0.2, 0) is 21.2 Å². The molecule has 2 heterocycles. The van der Waals surface area contributed by atoms with Crippen molar-refractivity contribution in [3.63, 3.8) is 0 Å². The Morgan fingerprint density at radius 2 is 1.94 bits per heavy atom. The van der Waals surface area contributed by atoms with E-state index >= 15 is 4.39 Å². The standard InChI is InChI=1S/C26H32FN3O4S/c1-35(32,33)29-24-22(14-20-8-5-9-21(23(20)27)19-6-3-2-4-7-19)30(17-26(24)11-12-26)25(31)28-15-18-10-13-34-16-18/h2-9,18,22,24,29H,10-17H2,1H3,(H,28,31)/t18-,22+,24-/m1/s1. The highest BCUT2D eigenvalue weighted by molar-refractivity contribution is 7.88. The lowest BCUT2D eigenvalue weighted by Crippen LogP contribution is -2.51. The zero-order chi connectivity index (χ0) is 24.6. The number of likely N-dealkylation sites (tertiary alicyclic amines) is 1. The predicted octanol–water partition coefficient (Wildman–Crippen LogP) is 3.16. The highest BCUT2D eigenvalue weighted by atomic mass is 32.2. The molecule has 2 aliphatic heterocycles. The molecule has 0 bridgehead atoms. The van der Waals surface area contributed by atoms with Crippen LogP contribution in [0.5, 0.6) is 0 Å². The maximum atomic E-state index is 15.7. The van der Waals surface area contributed by atoms with E-state index in [0.717, 1.165) is 31.1 Å². The van der Waals surface area contributed by atoms with Crippen LogP contribution in [0.4, 0.5) is 9.18 Å². The van der Waals surface area contributed by atoms with Gasteiger partial charge in [-0.15, -0.1) is 0 Å². The second kappa shape index (κ2) is 9.52. The van der Waals surface area contributed by atoms with E-state index in [4.69, 9.17) is 4.74 Å². The van der Waals surface area contributed by atoms with Gasteiger partial charge in [0.25, 0.3) is 0 Å². The van der Waals surface area contributed by atoms with E-state index in [2.05, 4.69) is 10.0 Å².